The second-order valence-corrected chi connectivity index (χ2v) is 8.39. The fraction of sp³-hybridized carbons (Fsp3) is 0.231. The van der Waals surface area contributed by atoms with Crippen LogP contribution >= 0.6 is 15.9 Å². The first-order valence-corrected chi connectivity index (χ1v) is 11.5. The Labute approximate surface area is 202 Å². The van der Waals surface area contributed by atoms with Crippen molar-refractivity contribution in [1.82, 2.24) is 10.9 Å². The lowest BCUT2D eigenvalue weighted by Gasteiger charge is -2.14. The van der Waals surface area contributed by atoms with E-state index in [1.165, 1.54) is 5.56 Å². The number of halogens is 1. The smallest absolute Gasteiger partial charge is 0.276 e. The predicted molar refractivity (Wildman–Crippen MR) is 132 cm³/mol. The number of benzene rings is 3. The van der Waals surface area contributed by atoms with Gasteiger partial charge in [0.25, 0.3) is 11.8 Å². The second-order valence-electron chi connectivity index (χ2n) is 7.54. The molecule has 3 aromatic rings. The summed E-state index contributed by atoms with van der Waals surface area (Å²) in [6, 6.07) is 23.0. The fourth-order valence-corrected chi connectivity index (χ4v) is 3.63. The summed E-state index contributed by atoms with van der Waals surface area (Å²) in [4.78, 5) is 24.2. The number of carbonyl (C=O) groups is 2. The first-order chi connectivity index (χ1) is 16.0. The van der Waals surface area contributed by atoms with Crippen molar-refractivity contribution in [1.29, 1.82) is 0 Å². The molecule has 0 aliphatic rings. The van der Waals surface area contributed by atoms with Crippen molar-refractivity contribution in [2.24, 2.45) is 0 Å². The predicted octanol–water partition coefficient (Wildman–Crippen LogP) is 5.23. The third-order valence-electron chi connectivity index (χ3n) is 5.17. The maximum absolute atomic E-state index is 12.1. The van der Waals surface area contributed by atoms with E-state index in [1.807, 2.05) is 66.7 Å². The van der Waals surface area contributed by atoms with E-state index >= 15 is 0 Å². The van der Waals surface area contributed by atoms with Gasteiger partial charge in [-0.15, -0.1) is 0 Å². The van der Waals surface area contributed by atoms with Gasteiger partial charge < -0.3 is 9.47 Å². The van der Waals surface area contributed by atoms with Crippen molar-refractivity contribution in [3.8, 4) is 22.6 Å². The quantitative estimate of drug-likeness (QED) is 0.386. The Hall–Kier alpha value is -3.32. The highest BCUT2D eigenvalue weighted by atomic mass is 79.9. The summed E-state index contributed by atoms with van der Waals surface area (Å²) in [6.07, 6.45) is 1.04. The van der Waals surface area contributed by atoms with Gasteiger partial charge in [-0.1, -0.05) is 68.4 Å². The van der Waals surface area contributed by atoms with Crippen LogP contribution < -0.4 is 20.3 Å². The van der Waals surface area contributed by atoms with E-state index in [1.54, 1.807) is 6.07 Å². The van der Waals surface area contributed by atoms with Gasteiger partial charge in [-0.2, -0.15) is 0 Å². The monoisotopic (exact) mass is 510 g/mol. The summed E-state index contributed by atoms with van der Waals surface area (Å²) in [5.41, 5.74) is 7.74. The van der Waals surface area contributed by atoms with Crippen molar-refractivity contribution in [2.45, 2.75) is 26.2 Å². The lowest BCUT2D eigenvalue weighted by Crippen LogP contribution is -2.45. The summed E-state index contributed by atoms with van der Waals surface area (Å²) >= 11 is 3.48. The summed E-state index contributed by atoms with van der Waals surface area (Å²) in [7, 11) is 0. The first kappa shape index (κ1) is 24.3. The minimum Gasteiger partial charge on any atom is -0.483 e. The van der Waals surface area contributed by atoms with E-state index < -0.39 is 11.8 Å². The molecule has 0 bridgehead atoms. The number of amides is 2. The minimum atomic E-state index is -0.481. The van der Waals surface area contributed by atoms with Gasteiger partial charge in [0.15, 0.2) is 13.2 Å². The molecule has 172 valence electrons. The Morgan fingerprint density at radius 1 is 0.848 bits per heavy atom. The number of carbonyl (C=O) groups excluding carboxylic acids is 2. The van der Waals surface area contributed by atoms with Crippen molar-refractivity contribution < 1.29 is 19.1 Å². The molecule has 3 aromatic carbocycles. The third kappa shape index (κ3) is 7.08. The molecule has 7 heteroatoms. The van der Waals surface area contributed by atoms with Gasteiger partial charge in [0, 0.05) is 5.56 Å². The van der Waals surface area contributed by atoms with Crippen molar-refractivity contribution in [3.05, 3.63) is 82.8 Å². The molecule has 33 heavy (non-hydrogen) atoms. The molecular formula is C26H27BrN2O4. The average molecular weight is 511 g/mol. The maximum Gasteiger partial charge on any atom is 0.276 e. The van der Waals surface area contributed by atoms with Crippen LogP contribution in [0.5, 0.6) is 11.5 Å². The number of rotatable bonds is 9. The van der Waals surface area contributed by atoms with E-state index in [0.717, 1.165) is 22.0 Å². The molecule has 0 fully saturated rings. The summed E-state index contributed by atoms with van der Waals surface area (Å²) in [6.45, 7) is 3.81. The number of nitrogens with one attached hydrogen (secondary N) is 2. The van der Waals surface area contributed by atoms with E-state index in [0.29, 0.717) is 17.4 Å². The van der Waals surface area contributed by atoms with Gasteiger partial charge in [-0.05, 0) is 57.6 Å². The standard InChI is InChI=1S/C26H27BrN2O4/c1-3-18(2)20-13-14-24(22(27)15-20)33-17-26(31)29-28-25(30)16-32-23-12-8-7-11-21(23)19-9-5-4-6-10-19/h4-15,18H,3,16-17H2,1-2H3,(H,28,30)(H,29,31). The molecule has 0 saturated heterocycles. The molecule has 0 aliphatic heterocycles. The van der Waals surface area contributed by atoms with E-state index in [2.05, 4.69) is 40.6 Å². The van der Waals surface area contributed by atoms with E-state index in [4.69, 9.17) is 9.47 Å². The summed E-state index contributed by atoms with van der Waals surface area (Å²) in [5, 5.41) is 0. The molecule has 3 rings (SSSR count). The third-order valence-corrected chi connectivity index (χ3v) is 5.79. The highest BCUT2D eigenvalue weighted by molar-refractivity contribution is 9.10. The summed E-state index contributed by atoms with van der Waals surface area (Å²) < 4.78 is 12.0. The molecule has 2 amide bonds. The van der Waals surface area contributed by atoms with Gasteiger partial charge in [-0.3, -0.25) is 20.4 Å². The van der Waals surface area contributed by atoms with Crippen LogP contribution in [0.1, 0.15) is 31.7 Å². The van der Waals surface area contributed by atoms with Crippen LogP contribution in [-0.2, 0) is 9.59 Å². The SMILES string of the molecule is CCC(C)c1ccc(OCC(=O)NNC(=O)COc2ccccc2-c2ccccc2)c(Br)c1. The van der Waals surface area contributed by atoms with Crippen molar-refractivity contribution in [2.75, 3.05) is 13.2 Å². The molecule has 6 nitrogen and oxygen atoms in total. The highest BCUT2D eigenvalue weighted by Crippen LogP contribution is 2.30. The van der Waals surface area contributed by atoms with Gasteiger partial charge >= 0.3 is 0 Å². The summed E-state index contributed by atoms with van der Waals surface area (Å²) in [5.74, 6) is 0.621. The molecule has 2 N–H and O–H groups in total. The normalized spacial score (nSPS) is 11.4. The van der Waals surface area contributed by atoms with Crippen LogP contribution in [0.15, 0.2) is 77.3 Å². The Kier molecular flexibility index (Phi) is 8.89. The zero-order valence-electron chi connectivity index (χ0n) is 18.6. The highest BCUT2D eigenvalue weighted by Gasteiger charge is 2.11. The molecular weight excluding hydrogens is 484 g/mol. The van der Waals surface area contributed by atoms with Crippen LogP contribution in [0, 0.1) is 0 Å². The van der Waals surface area contributed by atoms with Crippen molar-refractivity contribution in [3.63, 3.8) is 0 Å². The molecule has 1 atom stereocenters. The largest absolute Gasteiger partial charge is 0.483 e. The van der Waals surface area contributed by atoms with Crippen molar-refractivity contribution >= 4 is 27.7 Å². The van der Waals surface area contributed by atoms with Crippen LogP contribution in [0.2, 0.25) is 0 Å². The minimum absolute atomic E-state index is 0.237. The zero-order chi connectivity index (χ0) is 23.6. The van der Waals surface area contributed by atoms with Crippen LogP contribution in [0.25, 0.3) is 11.1 Å². The number of hydrazine groups is 1. The lowest BCUT2D eigenvalue weighted by atomic mass is 9.99. The first-order valence-electron chi connectivity index (χ1n) is 10.7. The van der Waals surface area contributed by atoms with Crippen LogP contribution in [-0.4, -0.2) is 25.0 Å². The molecule has 0 saturated carbocycles. The number of para-hydroxylation sites is 1. The zero-order valence-corrected chi connectivity index (χ0v) is 20.2. The topological polar surface area (TPSA) is 76.7 Å². The Balaban J connectivity index is 1.45. The Morgan fingerprint density at radius 3 is 2.09 bits per heavy atom. The number of hydrogen-bond donors (Lipinski definition) is 2. The van der Waals surface area contributed by atoms with Gasteiger partial charge in [0.2, 0.25) is 0 Å². The maximum atomic E-state index is 12.1. The number of hydrogen-bond acceptors (Lipinski definition) is 4. The van der Waals surface area contributed by atoms with Crippen LogP contribution in [0.3, 0.4) is 0 Å². The van der Waals surface area contributed by atoms with Gasteiger partial charge in [0.1, 0.15) is 11.5 Å². The molecule has 0 aliphatic carbocycles. The molecule has 0 heterocycles. The average Bonchev–Trinajstić information content (AvgIpc) is 2.85. The lowest BCUT2D eigenvalue weighted by molar-refractivity contribution is -0.131. The van der Waals surface area contributed by atoms with Gasteiger partial charge in [-0.25, -0.2) is 0 Å². The Morgan fingerprint density at radius 2 is 1.45 bits per heavy atom. The van der Waals surface area contributed by atoms with Crippen LogP contribution in [0.4, 0.5) is 0 Å². The Bertz CT molecular complexity index is 1090. The second kappa shape index (κ2) is 12.1. The molecule has 0 aromatic heterocycles. The number of ether oxygens (including phenoxy) is 2. The molecule has 1 unspecified atom stereocenters. The van der Waals surface area contributed by atoms with E-state index in [-0.39, 0.29) is 13.2 Å². The molecule has 0 spiro atoms. The van der Waals surface area contributed by atoms with Gasteiger partial charge in [0.05, 0.1) is 4.47 Å². The molecule has 0 radical (unpaired) electrons. The fourth-order valence-electron chi connectivity index (χ4n) is 3.12. The van der Waals surface area contributed by atoms with E-state index in [9.17, 15) is 9.59 Å².